The summed E-state index contributed by atoms with van der Waals surface area (Å²) in [4.78, 5) is 11.6. The van der Waals surface area contributed by atoms with Crippen LogP contribution in [0.4, 0.5) is 0 Å². The van der Waals surface area contributed by atoms with E-state index >= 15 is 0 Å². The molecule has 0 aliphatic rings. The van der Waals surface area contributed by atoms with E-state index in [4.69, 9.17) is 0 Å². The lowest BCUT2D eigenvalue weighted by Crippen LogP contribution is -1.99. The Bertz CT molecular complexity index is 336. The Hall–Kier alpha value is -0.890. The van der Waals surface area contributed by atoms with Crippen molar-refractivity contribution in [2.45, 2.75) is 13.8 Å². The normalized spacial score (nSPS) is 11.5. The molecule has 0 amide bonds. The second-order valence-corrected chi connectivity index (χ2v) is 3.72. The Morgan fingerprint density at radius 1 is 1.31 bits per heavy atom. The van der Waals surface area contributed by atoms with Gasteiger partial charge in [0, 0.05) is 10.0 Å². The van der Waals surface area contributed by atoms with Gasteiger partial charge in [-0.15, -0.1) is 0 Å². The van der Waals surface area contributed by atoms with E-state index in [0.29, 0.717) is 0 Å². The van der Waals surface area contributed by atoms with E-state index < -0.39 is 0 Å². The number of Topliss-reactive ketones (excluding diaryl/α,β-unsaturated/α-hetero) is 1. The number of hydrogen-bond acceptors (Lipinski definition) is 1. The number of benzene rings is 1. The third kappa shape index (κ3) is 2.52. The molecular formula is C11H11BrO. The van der Waals surface area contributed by atoms with Gasteiger partial charge in [-0.05, 0) is 43.7 Å². The second kappa shape index (κ2) is 4.38. The second-order valence-electron chi connectivity index (χ2n) is 2.81. The Kier molecular flexibility index (Phi) is 3.43. The largest absolute Gasteiger partial charge is 0.289 e. The van der Waals surface area contributed by atoms with Crippen LogP contribution in [0.1, 0.15) is 24.2 Å². The minimum absolute atomic E-state index is 0.0926. The first kappa shape index (κ1) is 10.2. The van der Waals surface area contributed by atoms with Gasteiger partial charge in [-0.2, -0.15) is 0 Å². The molecule has 0 heterocycles. The van der Waals surface area contributed by atoms with Crippen molar-refractivity contribution >= 4 is 21.7 Å². The number of rotatable bonds is 2. The molecule has 0 bridgehead atoms. The molecule has 0 radical (unpaired) electrons. The molecule has 0 unspecified atom stereocenters. The van der Waals surface area contributed by atoms with E-state index in [1.165, 1.54) is 0 Å². The summed E-state index contributed by atoms with van der Waals surface area (Å²) in [6.07, 6.45) is 1.82. The zero-order valence-electron chi connectivity index (χ0n) is 7.67. The van der Waals surface area contributed by atoms with Gasteiger partial charge >= 0.3 is 0 Å². The van der Waals surface area contributed by atoms with Crippen LogP contribution in [0.5, 0.6) is 0 Å². The quantitative estimate of drug-likeness (QED) is 0.569. The summed E-state index contributed by atoms with van der Waals surface area (Å²) in [6.45, 7) is 3.69. The highest BCUT2D eigenvalue weighted by molar-refractivity contribution is 9.10. The summed E-state index contributed by atoms with van der Waals surface area (Å²) in [6, 6.07) is 7.38. The number of allylic oxidation sites excluding steroid dienone is 2. The van der Waals surface area contributed by atoms with E-state index in [9.17, 15) is 4.79 Å². The predicted octanol–water partition coefficient (Wildman–Crippen LogP) is 3.60. The highest BCUT2D eigenvalue weighted by Gasteiger charge is 2.05. The van der Waals surface area contributed by atoms with Crippen molar-refractivity contribution in [3.8, 4) is 0 Å². The Morgan fingerprint density at radius 2 is 1.85 bits per heavy atom. The molecule has 0 saturated carbocycles. The molecule has 0 aliphatic carbocycles. The third-order valence-electron chi connectivity index (χ3n) is 1.90. The van der Waals surface area contributed by atoms with Crippen LogP contribution in [0, 0.1) is 0 Å². The molecule has 0 spiro atoms. The average Bonchev–Trinajstić information content (AvgIpc) is 2.17. The maximum absolute atomic E-state index is 11.6. The average molecular weight is 239 g/mol. The van der Waals surface area contributed by atoms with Crippen LogP contribution in [0.2, 0.25) is 0 Å². The Labute approximate surface area is 86.6 Å². The van der Waals surface area contributed by atoms with Crippen LogP contribution in [-0.2, 0) is 0 Å². The minimum Gasteiger partial charge on any atom is -0.289 e. The fraction of sp³-hybridized carbons (Fsp3) is 0.182. The molecule has 0 saturated heterocycles. The predicted molar refractivity (Wildman–Crippen MR) is 57.9 cm³/mol. The lowest BCUT2D eigenvalue weighted by molar-refractivity contribution is 0.103. The highest BCUT2D eigenvalue weighted by atomic mass is 79.9. The van der Waals surface area contributed by atoms with Crippen molar-refractivity contribution in [1.82, 2.24) is 0 Å². The highest BCUT2D eigenvalue weighted by Crippen LogP contribution is 2.13. The van der Waals surface area contributed by atoms with Gasteiger partial charge in [0.1, 0.15) is 0 Å². The van der Waals surface area contributed by atoms with Gasteiger partial charge in [0.25, 0.3) is 0 Å². The summed E-state index contributed by atoms with van der Waals surface area (Å²) in [5.41, 5.74) is 1.51. The van der Waals surface area contributed by atoms with Crippen molar-refractivity contribution < 1.29 is 4.79 Å². The molecule has 0 N–H and O–H groups in total. The molecule has 1 aromatic carbocycles. The van der Waals surface area contributed by atoms with Crippen LogP contribution in [0.25, 0.3) is 0 Å². The summed E-state index contributed by atoms with van der Waals surface area (Å²) in [5, 5.41) is 0. The molecule has 2 heteroatoms. The first-order valence-electron chi connectivity index (χ1n) is 4.08. The van der Waals surface area contributed by atoms with Gasteiger partial charge < -0.3 is 0 Å². The van der Waals surface area contributed by atoms with E-state index in [2.05, 4.69) is 15.9 Å². The van der Waals surface area contributed by atoms with E-state index in [1.54, 1.807) is 0 Å². The minimum atomic E-state index is 0.0926. The molecule has 0 fully saturated rings. The van der Waals surface area contributed by atoms with Crippen molar-refractivity contribution in [1.29, 1.82) is 0 Å². The van der Waals surface area contributed by atoms with Gasteiger partial charge in [-0.25, -0.2) is 0 Å². The van der Waals surface area contributed by atoms with Gasteiger partial charge in [0.15, 0.2) is 5.78 Å². The fourth-order valence-corrected chi connectivity index (χ4v) is 1.22. The lowest BCUT2D eigenvalue weighted by atomic mass is 10.1. The zero-order chi connectivity index (χ0) is 9.84. The molecule has 13 heavy (non-hydrogen) atoms. The number of ketones is 1. The topological polar surface area (TPSA) is 17.1 Å². The van der Waals surface area contributed by atoms with Gasteiger partial charge in [0.05, 0.1) is 0 Å². The fourth-order valence-electron chi connectivity index (χ4n) is 0.960. The van der Waals surface area contributed by atoms with Crippen molar-refractivity contribution in [3.05, 3.63) is 46.0 Å². The smallest absolute Gasteiger partial charge is 0.188 e. The molecule has 1 nitrogen and oxygen atoms in total. The lowest BCUT2D eigenvalue weighted by Gasteiger charge is -1.99. The maximum atomic E-state index is 11.6. The number of carbonyl (C=O) groups excluding carboxylic acids is 1. The van der Waals surface area contributed by atoms with Crippen LogP contribution in [-0.4, -0.2) is 5.78 Å². The molecule has 1 aromatic rings. The van der Waals surface area contributed by atoms with Crippen LogP contribution >= 0.6 is 15.9 Å². The van der Waals surface area contributed by atoms with Crippen molar-refractivity contribution in [2.75, 3.05) is 0 Å². The zero-order valence-corrected chi connectivity index (χ0v) is 9.26. The first-order valence-corrected chi connectivity index (χ1v) is 4.87. The molecule has 68 valence electrons. The monoisotopic (exact) mass is 238 g/mol. The van der Waals surface area contributed by atoms with Crippen molar-refractivity contribution in [2.24, 2.45) is 0 Å². The van der Waals surface area contributed by atoms with Crippen LogP contribution in [0.3, 0.4) is 0 Å². The van der Waals surface area contributed by atoms with Crippen LogP contribution in [0.15, 0.2) is 40.4 Å². The standard InChI is InChI=1S/C11H11BrO/c1-3-8(2)11(13)9-4-6-10(12)7-5-9/h3-7H,1-2H3/b8-3+. The van der Waals surface area contributed by atoms with E-state index in [1.807, 2.05) is 44.2 Å². The van der Waals surface area contributed by atoms with E-state index in [-0.39, 0.29) is 5.78 Å². The Balaban J connectivity index is 2.97. The summed E-state index contributed by atoms with van der Waals surface area (Å²) < 4.78 is 0.988. The molecular weight excluding hydrogens is 228 g/mol. The van der Waals surface area contributed by atoms with Gasteiger partial charge in [0.2, 0.25) is 0 Å². The number of hydrogen-bond donors (Lipinski definition) is 0. The Morgan fingerprint density at radius 3 is 2.31 bits per heavy atom. The first-order chi connectivity index (χ1) is 6.15. The summed E-state index contributed by atoms with van der Waals surface area (Å²) >= 11 is 3.32. The molecule has 0 aliphatic heterocycles. The van der Waals surface area contributed by atoms with Crippen LogP contribution < -0.4 is 0 Å². The maximum Gasteiger partial charge on any atom is 0.188 e. The SMILES string of the molecule is C/C=C(\C)C(=O)c1ccc(Br)cc1. The summed E-state index contributed by atoms with van der Waals surface area (Å²) in [5.74, 6) is 0.0926. The molecule has 0 atom stereocenters. The van der Waals surface area contributed by atoms with Crippen molar-refractivity contribution in [3.63, 3.8) is 0 Å². The summed E-state index contributed by atoms with van der Waals surface area (Å²) in [7, 11) is 0. The number of carbonyl (C=O) groups is 1. The number of halogens is 1. The van der Waals surface area contributed by atoms with Gasteiger partial charge in [-0.3, -0.25) is 4.79 Å². The van der Waals surface area contributed by atoms with Gasteiger partial charge in [-0.1, -0.05) is 22.0 Å². The molecule has 1 rings (SSSR count). The van der Waals surface area contributed by atoms with E-state index in [0.717, 1.165) is 15.6 Å². The third-order valence-corrected chi connectivity index (χ3v) is 2.43. The molecule has 0 aromatic heterocycles.